The van der Waals surface area contributed by atoms with Crippen LogP contribution in [0.4, 0.5) is 0 Å². The van der Waals surface area contributed by atoms with Gasteiger partial charge in [0.25, 0.3) is 0 Å². The largest absolute Gasteiger partial charge is 0.497 e. The molecule has 0 radical (unpaired) electrons. The van der Waals surface area contributed by atoms with Crippen molar-refractivity contribution in [2.45, 2.75) is 32.2 Å². The summed E-state index contributed by atoms with van der Waals surface area (Å²) >= 11 is 0. The van der Waals surface area contributed by atoms with Crippen molar-refractivity contribution in [3.05, 3.63) is 29.8 Å². The first-order chi connectivity index (χ1) is 10.2. The predicted octanol–water partition coefficient (Wildman–Crippen LogP) is 2.21. The Morgan fingerprint density at radius 2 is 2.10 bits per heavy atom. The molecule has 0 aromatic heterocycles. The maximum absolute atomic E-state index is 12.4. The molecule has 2 atom stereocenters. The van der Waals surface area contributed by atoms with Crippen molar-refractivity contribution in [2.24, 2.45) is 5.92 Å². The van der Waals surface area contributed by atoms with E-state index in [2.05, 4.69) is 12.2 Å². The van der Waals surface area contributed by atoms with Gasteiger partial charge in [0.05, 0.1) is 26.2 Å². The third-order valence-corrected chi connectivity index (χ3v) is 3.97. The third kappa shape index (κ3) is 4.55. The SMILES string of the molecule is CCCNC1COCC1C(=O)CCc1ccc(OC)cc1. The first-order valence-corrected chi connectivity index (χ1v) is 7.71. The first kappa shape index (κ1) is 16.0. The summed E-state index contributed by atoms with van der Waals surface area (Å²) in [7, 11) is 1.65. The standard InChI is InChI=1S/C17H25NO3/c1-3-10-18-16-12-21-11-15(16)17(19)9-6-13-4-7-14(20-2)8-5-13/h4-5,7-8,15-16,18H,3,6,9-12H2,1-2H3. The van der Waals surface area contributed by atoms with E-state index >= 15 is 0 Å². The van der Waals surface area contributed by atoms with Crippen LogP contribution in [0.5, 0.6) is 5.75 Å². The molecule has 116 valence electrons. The molecule has 2 unspecified atom stereocenters. The lowest BCUT2D eigenvalue weighted by molar-refractivity contribution is -0.123. The lowest BCUT2D eigenvalue weighted by Gasteiger charge is -2.17. The van der Waals surface area contributed by atoms with Crippen molar-refractivity contribution in [3.8, 4) is 5.75 Å². The first-order valence-electron chi connectivity index (χ1n) is 7.71. The highest BCUT2D eigenvalue weighted by molar-refractivity contribution is 5.82. The number of nitrogens with one attached hydrogen (secondary N) is 1. The molecule has 21 heavy (non-hydrogen) atoms. The molecule has 0 saturated carbocycles. The van der Waals surface area contributed by atoms with Gasteiger partial charge in [-0.1, -0.05) is 19.1 Å². The van der Waals surface area contributed by atoms with Crippen LogP contribution in [0.2, 0.25) is 0 Å². The molecule has 1 aromatic carbocycles. The normalized spacial score (nSPS) is 21.4. The highest BCUT2D eigenvalue weighted by atomic mass is 16.5. The molecule has 1 heterocycles. The van der Waals surface area contributed by atoms with Crippen molar-refractivity contribution in [2.75, 3.05) is 26.9 Å². The minimum atomic E-state index is 0.00907. The quantitative estimate of drug-likeness (QED) is 0.798. The number of hydrogen-bond acceptors (Lipinski definition) is 4. The summed E-state index contributed by atoms with van der Waals surface area (Å²) in [5, 5.41) is 3.41. The van der Waals surface area contributed by atoms with E-state index in [0.29, 0.717) is 25.4 Å². The van der Waals surface area contributed by atoms with Gasteiger partial charge in [0.2, 0.25) is 0 Å². The van der Waals surface area contributed by atoms with Crippen molar-refractivity contribution < 1.29 is 14.3 Å². The predicted molar refractivity (Wildman–Crippen MR) is 82.7 cm³/mol. The lowest BCUT2D eigenvalue weighted by Crippen LogP contribution is -2.39. The molecule has 0 spiro atoms. The zero-order chi connectivity index (χ0) is 15.1. The van der Waals surface area contributed by atoms with Crippen LogP contribution in [-0.4, -0.2) is 38.7 Å². The number of ether oxygens (including phenoxy) is 2. The fourth-order valence-electron chi connectivity index (χ4n) is 2.65. The zero-order valence-electron chi connectivity index (χ0n) is 12.9. The van der Waals surface area contributed by atoms with E-state index < -0.39 is 0 Å². The fraction of sp³-hybridized carbons (Fsp3) is 0.588. The maximum atomic E-state index is 12.4. The van der Waals surface area contributed by atoms with Gasteiger partial charge in [-0.3, -0.25) is 4.79 Å². The molecule has 4 heteroatoms. The van der Waals surface area contributed by atoms with Crippen LogP contribution in [0.15, 0.2) is 24.3 Å². The Labute approximate surface area is 126 Å². The van der Waals surface area contributed by atoms with Crippen LogP contribution >= 0.6 is 0 Å². The van der Waals surface area contributed by atoms with Gasteiger partial charge >= 0.3 is 0 Å². The maximum Gasteiger partial charge on any atom is 0.140 e. The van der Waals surface area contributed by atoms with Gasteiger partial charge in [0.15, 0.2) is 0 Å². The van der Waals surface area contributed by atoms with Crippen LogP contribution in [-0.2, 0) is 16.0 Å². The summed E-state index contributed by atoms with van der Waals surface area (Å²) in [6.07, 6.45) is 2.42. The zero-order valence-corrected chi connectivity index (χ0v) is 12.9. The van der Waals surface area contributed by atoms with Crippen molar-refractivity contribution >= 4 is 5.78 Å². The minimum Gasteiger partial charge on any atom is -0.497 e. The molecular formula is C17H25NO3. The summed E-state index contributed by atoms with van der Waals surface area (Å²) in [5.41, 5.74) is 1.17. The number of benzene rings is 1. The average Bonchev–Trinajstić information content (AvgIpc) is 2.99. The lowest BCUT2D eigenvalue weighted by atomic mass is 9.94. The second kappa shape index (κ2) is 8.15. The number of methoxy groups -OCH3 is 1. The Morgan fingerprint density at radius 1 is 1.33 bits per heavy atom. The molecule has 1 N–H and O–H groups in total. The van der Waals surface area contributed by atoms with Gasteiger partial charge in [0, 0.05) is 12.5 Å². The molecule has 1 saturated heterocycles. The van der Waals surface area contributed by atoms with Crippen molar-refractivity contribution in [1.82, 2.24) is 5.32 Å². The van der Waals surface area contributed by atoms with E-state index in [0.717, 1.165) is 25.1 Å². The highest BCUT2D eigenvalue weighted by Crippen LogP contribution is 2.19. The second-order valence-electron chi connectivity index (χ2n) is 5.52. The molecule has 1 aliphatic heterocycles. The Morgan fingerprint density at radius 3 is 2.76 bits per heavy atom. The van der Waals surface area contributed by atoms with Gasteiger partial charge in [-0.2, -0.15) is 0 Å². The molecular weight excluding hydrogens is 266 g/mol. The Hall–Kier alpha value is -1.39. The molecule has 1 fully saturated rings. The number of hydrogen-bond donors (Lipinski definition) is 1. The van der Waals surface area contributed by atoms with E-state index in [9.17, 15) is 4.79 Å². The van der Waals surface area contributed by atoms with Gasteiger partial charge in [0.1, 0.15) is 11.5 Å². The van der Waals surface area contributed by atoms with Crippen molar-refractivity contribution in [1.29, 1.82) is 0 Å². The highest BCUT2D eigenvalue weighted by Gasteiger charge is 2.32. The number of carbonyl (C=O) groups is 1. The van der Waals surface area contributed by atoms with Crippen LogP contribution in [0, 0.1) is 5.92 Å². The summed E-state index contributed by atoms with van der Waals surface area (Å²) in [6, 6.07) is 8.09. The van der Waals surface area contributed by atoms with Crippen molar-refractivity contribution in [3.63, 3.8) is 0 Å². The Balaban J connectivity index is 1.82. The molecule has 0 aliphatic carbocycles. The number of ketones is 1. The van der Waals surface area contributed by atoms with E-state index in [-0.39, 0.29) is 12.0 Å². The van der Waals surface area contributed by atoms with E-state index in [1.807, 2.05) is 24.3 Å². The average molecular weight is 291 g/mol. The van der Waals surface area contributed by atoms with Crippen LogP contribution in [0.25, 0.3) is 0 Å². The molecule has 4 nitrogen and oxygen atoms in total. The number of aryl methyl sites for hydroxylation is 1. The Kier molecular flexibility index (Phi) is 6.21. The van der Waals surface area contributed by atoms with E-state index in [1.165, 1.54) is 5.56 Å². The molecule has 0 amide bonds. The molecule has 2 rings (SSSR count). The number of Topliss-reactive ketones (excluding diaryl/α,β-unsaturated/α-hetero) is 1. The molecule has 1 aliphatic rings. The fourth-order valence-corrected chi connectivity index (χ4v) is 2.65. The number of rotatable bonds is 8. The Bertz CT molecular complexity index is 444. The van der Waals surface area contributed by atoms with Gasteiger partial charge in [-0.25, -0.2) is 0 Å². The number of carbonyl (C=O) groups excluding carboxylic acids is 1. The van der Waals surface area contributed by atoms with Gasteiger partial charge in [-0.05, 0) is 37.1 Å². The topological polar surface area (TPSA) is 47.6 Å². The molecule has 0 bridgehead atoms. The summed E-state index contributed by atoms with van der Waals surface area (Å²) < 4.78 is 10.6. The van der Waals surface area contributed by atoms with E-state index in [4.69, 9.17) is 9.47 Å². The van der Waals surface area contributed by atoms with Crippen LogP contribution < -0.4 is 10.1 Å². The van der Waals surface area contributed by atoms with E-state index in [1.54, 1.807) is 7.11 Å². The smallest absolute Gasteiger partial charge is 0.140 e. The van der Waals surface area contributed by atoms with Crippen LogP contribution in [0.1, 0.15) is 25.3 Å². The molecule has 1 aromatic rings. The summed E-state index contributed by atoms with van der Waals surface area (Å²) in [5.74, 6) is 1.16. The summed E-state index contributed by atoms with van der Waals surface area (Å²) in [4.78, 5) is 12.4. The van der Waals surface area contributed by atoms with Gasteiger partial charge in [-0.15, -0.1) is 0 Å². The third-order valence-electron chi connectivity index (χ3n) is 3.97. The van der Waals surface area contributed by atoms with Gasteiger partial charge < -0.3 is 14.8 Å². The monoisotopic (exact) mass is 291 g/mol. The second-order valence-corrected chi connectivity index (χ2v) is 5.52. The minimum absolute atomic E-state index is 0.00907. The van der Waals surface area contributed by atoms with Crippen LogP contribution in [0.3, 0.4) is 0 Å². The summed E-state index contributed by atoms with van der Waals surface area (Å²) in [6.45, 7) is 4.28.